The third-order valence-electron chi connectivity index (χ3n) is 7.78. The summed E-state index contributed by atoms with van der Waals surface area (Å²) in [5, 5.41) is 0. The van der Waals surface area contributed by atoms with Gasteiger partial charge in [0.05, 0.1) is 45.1 Å². The molecule has 5 rings (SSSR count). The van der Waals surface area contributed by atoms with E-state index in [1.165, 1.54) is 22.3 Å². The first-order valence-electron chi connectivity index (χ1n) is 15.5. The Bertz CT molecular complexity index is 1390. The van der Waals surface area contributed by atoms with E-state index in [-0.39, 0.29) is 0 Å². The smallest absolute Gasteiger partial charge is 0.119 e. The summed E-state index contributed by atoms with van der Waals surface area (Å²) in [6.07, 6.45) is 0. The van der Waals surface area contributed by atoms with Crippen molar-refractivity contribution in [2.75, 3.05) is 66.1 Å². The van der Waals surface area contributed by atoms with Crippen LogP contribution in [0.5, 0.6) is 11.5 Å². The van der Waals surface area contributed by atoms with Crippen molar-refractivity contribution in [3.05, 3.63) is 116 Å². The maximum absolute atomic E-state index is 6.02. The van der Waals surface area contributed by atoms with Crippen LogP contribution in [0.3, 0.4) is 0 Å². The van der Waals surface area contributed by atoms with Crippen LogP contribution in [-0.4, -0.2) is 66.1 Å². The van der Waals surface area contributed by atoms with Crippen molar-refractivity contribution >= 4 is 31.9 Å². The van der Waals surface area contributed by atoms with E-state index in [4.69, 9.17) is 28.4 Å². The molecule has 0 unspecified atom stereocenters. The van der Waals surface area contributed by atoms with Crippen LogP contribution < -0.4 is 9.47 Å². The van der Waals surface area contributed by atoms with Crippen molar-refractivity contribution in [3.63, 3.8) is 0 Å². The molecular formula is C37H40Br2O6. The van der Waals surface area contributed by atoms with E-state index in [2.05, 4.69) is 92.5 Å². The van der Waals surface area contributed by atoms with E-state index in [0.717, 1.165) is 31.6 Å². The van der Waals surface area contributed by atoms with Gasteiger partial charge in [0.15, 0.2) is 0 Å². The van der Waals surface area contributed by atoms with Gasteiger partial charge >= 0.3 is 0 Å². The summed E-state index contributed by atoms with van der Waals surface area (Å²) < 4.78 is 36.0. The summed E-state index contributed by atoms with van der Waals surface area (Å²) in [7, 11) is 0. The zero-order chi connectivity index (χ0) is 31.5. The van der Waals surface area contributed by atoms with Crippen molar-refractivity contribution in [1.82, 2.24) is 0 Å². The Morgan fingerprint density at radius 3 is 1.24 bits per heavy atom. The molecule has 0 fully saturated rings. The number of rotatable bonds is 18. The molecule has 0 radical (unpaired) electrons. The van der Waals surface area contributed by atoms with Gasteiger partial charge in [0, 0.05) is 22.2 Å². The van der Waals surface area contributed by atoms with Crippen LogP contribution in [0.15, 0.2) is 93.9 Å². The molecule has 0 bridgehead atoms. The molecule has 4 aromatic carbocycles. The highest BCUT2D eigenvalue weighted by atomic mass is 79.9. The van der Waals surface area contributed by atoms with Crippen LogP contribution in [0.25, 0.3) is 11.1 Å². The van der Waals surface area contributed by atoms with Crippen LogP contribution in [0.1, 0.15) is 36.1 Å². The number of fused-ring (bicyclic) bond motifs is 3. The molecule has 238 valence electrons. The van der Waals surface area contributed by atoms with Gasteiger partial charge < -0.3 is 28.4 Å². The second-order valence-corrected chi connectivity index (χ2v) is 12.3. The van der Waals surface area contributed by atoms with Gasteiger partial charge in [0.2, 0.25) is 0 Å². The van der Waals surface area contributed by atoms with E-state index < -0.39 is 5.41 Å². The standard InChI is InChI=1S/C37H40Br2O6/c1-3-40-17-19-42-21-23-44-31-11-5-27(6-12-31)37(28-7-13-32(14-8-28)45-24-22-43-20-18-41-4-2)35-25-29(38)9-15-33(35)34-16-10-30(39)26-36(34)37/h5-16,25-26H,3-4,17-24H2,1-2H3. The monoisotopic (exact) mass is 738 g/mol. The minimum absolute atomic E-state index is 0.473. The fourth-order valence-corrected chi connectivity index (χ4v) is 6.55. The Balaban J connectivity index is 1.43. The minimum atomic E-state index is -0.555. The average molecular weight is 741 g/mol. The molecule has 0 heterocycles. The molecular weight excluding hydrogens is 700 g/mol. The summed E-state index contributed by atoms with van der Waals surface area (Å²) in [6.45, 7) is 9.63. The van der Waals surface area contributed by atoms with Crippen molar-refractivity contribution < 1.29 is 28.4 Å². The molecule has 0 N–H and O–H groups in total. The summed E-state index contributed by atoms with van der Waals surface area (Å²) in [4.78, 5) is 0. The Labute approximate surface area is 283 Å². The topological polar surface area (TPSA) is 55.4 Å². The predicted octanol–water partition coefficient (Wildman–Crippen LogP) is 8.44. The first kappa shape index (κ1) is 33.6. The van der Waals surface area contributed by atoms with E-state index >= 15 is 0 Å². The Hall–Kier alpha value is -2.72. The molecule has 1 aliphatic rings. The van der Waals surface area contributed by atoms with Crippen molar-refractivity contribution in [2.45, 2.75) is 19.3 Å². The molecule has 0 amide bonds. The number of benzene rings is 4. The molecule has 0 saturated carbocycles. The highest BCUT2D eigenvalue weighted by Crippen LogP contribution is 2.57. The predicted molar refractivity (Wildman–Crippen MR) is 185 cm³/mol. The fraction of sp³-hybridized carbons (Fsp3) is 0.351. The van der Waals surface area contributed by atoms with Crippen LogP contribution in [-0.2, 0) is 24.4 Å². The number of hydrogen-bond acceptors (Lipinski definition) is 6. The average Bonchev–Trinajstić information content (AvgIpc) is 3.33. The third kappa shape index (κ3) is 7.99. The van der Waals surface area contributed by atoms with Gasteiger partial charge in [-0.2, -0.15) is 0 Å². The molecule has 8 heteroatoms. The number of hydrogen-bond donors (Lipinski definition) is 0. The molecule has 0 aliphatic heterocycles. The zero-order valence-electron chi connectivity index (χ0n) is 25.9. The van der Waals surface area contributed by atoms with Gasteiger partial charge in [-0.15, -0.1) is 0 Å². The Morgan fingerprint density at radius 1 is 0.467 bits per heavy atom. The SMILES string of the molecule is CCOCCOCCOc1ccc(C2(c3ccc(OCCOCCOCC)cc3)c3cc(Br)ccc3-c3ccc(Br)cc32)cc1. The second-order valence-electron chi connectivity index (χ2n) is 10.5. The lowest BCUT2D eigenvalue weighted by Crippen LogP contribution is -2.28. The van der Waals surface area contributed by atoms with E-state index in [1.807, 2.05) is 38.1 Å². The Morgan fingerprint density at radius 2 is 0.844 bits per heavy atom. The highest BCUT2D eigenvalue weighted by molar-refractivity contribution is 9.10. The first-order chi connectivity index (χ1) is 22.1. The molecule has 6 nitrogen and oxygen atoms in total. The van der Waals surface area contributed by atoms with Crippen molar-refractivity contribution in [3.8, 4) is 22.6 Å². The normalized spacial score (nSPS) is 13.0. The van der Waals surface area contributed by atoms with Gasteiger partial charge in [-0.25, -0.2) is 0 Å². The van der Waals surface area contributed by atoms with Gasteiger partial charge in [-0.1, -0.05) is 68.3 Å². The third-order valence-corrected chi connectivity index (χ3v) is 8.77. The van der Waals surface area contributed by atoms with Crippen LogP contribution in [0.4, 0.5) is 0 Å². The number of ether oxygens (including phenoxy) is 6. The maximum Gasteiger partial charge on any atom is 0.119 e. The lowest BCUT2D eigenvalue weighted by Gasteiger charge is -2.34. The van der Waals surface area contributed by atoms with E-state index in [1.54, 1.807) is 0 Å². The fourth-order valence-electron chi connectivity index (χ4n) is 5.82. The van der Waals surface area contributed by atoms with Gasteiger partial charge in [0.1, 0.15) is 24.7 Å². The molecule has 1 aliphatic carbocycles. The van der Waals surface area contributed by atoms with Crippen LogP contribution in [0, 0.1) is 0 Å². The van der Waals surface area contributed by atoms with Gasteiger partial charge in [-0.05, 0) is 95.8 Å². The summed E-state index contributed by atoms with van der Waals surface area (Å²) in [5.41, 5.74) is 6.62. The highest BCUT2D eigenvalue weighted by Gasteiger charge is 2.46. The maximum atomic E-state index is 6.02. The molecule has 45 heavy (non-hydrogen) atoms. The lowest BCUT2D eigenvalue weighted by molar-refractivity contribution is 0.0405. The Kier molecular flexibility index (Phi) is 12.5. The van der Waals surface area contributed by atoms with Crippen LogP contribution >= 0.6 is 31.9 Å². The van der Waals surface area contributed by atoms with E-state index in [0.29, 0.717) is 66.1 Å². The van der Waals surface area contributed by atoms with Crippen LogP contribution in [0.2, 0.25) is 0 Å². The van der Waals surface area contributed by atoms with Crippen molar-refractivity contribution in [1.29, 1.82) is 0 Å². The largest absolute Gasteiger partial charge is 0.491 e. The molecule has 4 aromatic rings. The van der Waals surface area contributed by atoms with Crippen molar-refractivity contribution in [2.24, 2.45) is 0 Å². The van der Waals surface area contributed by atoms with Gasteiger partial charge in [0.25, 0.3) is 0 Å². The summed E-state index contributed by atoms with van der Waals surface area (Å²) >= 11 is 7.53. The lowest BCUT2D eigenvalue weighted by atomic mass is 9.67. The zero-order valence-corrected chi connectivity index (χ0v) is 29.0. The molecule has 0 saturated heterocycles. The molecule has 0 aromatic heterocycles. The quantitative estimate of drug-likeness (QED) is 0.0842. The summed E-state index contributed by atoms with van der Waals surface area (Å²) in [6, 6.07) is 30.0. The summed E-state index contributed by atoms with van der Waals surface area (Å²) in [5.74, 6) is 1.60. The first-order valence-corrected chi connectivity index (χ1v) is 17.0. The number of halogens is 2. The van der Waals surface area contributed by atoms with E-state index in [9.17, 15) is 0 Å². The minimum Gasteiger partial charge on any atom is -0.491 e. The molecule has 0 atom stereocenters. The van der Waals surface area contributed by atoms with Gasteiger partial charge in [-0.3, -0.25) is 0 Å². The molecule has 0 spiro atoms. The second kappa shape index (κ2) is 16.7.